The first-order valence-corrected chi connectivity index (χ1v) is 11.8. The molecule has 1 aliphatic carbocycles. The number of hydrogen-bond donors (Lipinski definition) is 0. The van der Waals surface area contributed by atoms with Gasteiger partial charge in [0.25, 0.3) is 0 Å². The maximum atomic E-state index is 13.5. The van der Waals surface area contributed by atoms with Crippen molar-refractivity contribution in [1.82, 2.24) is 4.90 Å². The van der Waals surface area contributed by atoms with Gasteiger partial charge in [0.05, 0.1) is 0 Å². The molecule has 0 aromatic heterocycles. The van der Waals surface area contributed by atoms with Crippen LogP contribution >= 0.6 is 0 Å². The molecule has 0 saturated heterocycles. The third-order valence-corrected chi connectivity index (χ3v) is 7.40. The largest absolute Gasteiger partial charge is 0.454 e. The van der Waals surface area contributed by atoms with Gasteiger partial charge in [-0.25, -0.2) is 0 Å². The van der Waals surface area contributed by atoms with E-state index in [1.807, 2.05) is 14.1 Å². The smallest absolute Gasteiger partial charge is 0.231 e. The molecule has 170 valence electrons. The van der Waals surface area contributed by atoms with Crippen LogP contribution in [-0.2, 0) is 11.2 Å². The predicted octanol–water partition coefficient (Wildman–Crippen LogP) is 5.12. The Hall–Kier alpha value is -3.21. The summed E-state index contributed by atoms with van der Waals surface area (Å²) in [5, 5.41) is 0. The van der Waals surface area contributed by atoms with E-state index < -0.39 is 0 Å². The van der Waals surface area contributed by atoms with Crippen LogP contribution in [0.2, 0.25) is 0 Å². The molecule has 0 spiro atoms. The first-order valence-electron chi connectivity index (χ1n) is 11.8. The van der Waals surface area contributed by atoms with Gasteiger partial charge in [-0.05, 0) is 59.7 Å². The lowest BCUT2D eigenvalue weighted by Crippen LogP contribution is -2.40. The zero-order valence-corrected chi connectivity index (χ0v) is 19.8. The van der Waals surface area contributed by atoms with E-state index in [9.17, 15) is 4.79 Å². The normalized spacial score (nSPS) is 22.4. The summed E-state index contributed by atoms with van der Waals surface area (Å²) in [5.41, 5.74) is 8.16. The van der Waals surface area contributed by atoms with Crippen molar-refractivity contribution in [3.05, 3.63) is 70.4 Å². The Morgan fingerprint density at radius 3 is 2.48 bits per heavy atom. The summed E-state index contributed by atoms with van der Waals surface area (Å²) in [6, 6.07) is 12.9. The van der Waals surface area contributed by atoms with Crippen LogP contribution in [0.5, 0.6) is 11.5 Å². The summed E-state index contributed by atoms with van der Waals surface area (Å²) >= 11 is 0. The zero-order chi connectivity index (χ0) is 22.9. The maximum Gasteiger partial charge on any atom is 0.231 e. The lowest BCUT2D eigenvalue weighted by Gasteiger charge is -2.46. The molecule has 0 radical (unpaired) electrons. The molecule has 0 saturated carbocycles. The highest BCUT2D eigenvalue weighted by Gasteiger charge is 2.42. The summed E-state index contributed by atoms with van der Waals surface area (Å²) in [6.07, 6.45) is 4.75. The Bertz CT molecular complexity index is 1220. The van der Waals surface area contributed by atoms with Gasteiger partial charge in [-0.2, -0.15) is 0 Å². The summed E-state index contributed by atoms with van der Waals surface area (Å²) in [4.78, 5) is 18.0. The fourth-order valence-electron chi connectivity index (χ4n) is 5.77. The van der Waals surface area contributed by atoms with Crippen LogP contribution in [0.1, 0.15) is 49.3 Å². The minimum atomic E-state index is -0.0394. The average Bonchev–Trinajstić information content (AvgIpc) is 3.23. The van der Waals surface area contributed by atoms with E-state index in [1.165, 1.54) is 28.1 Å². The predicted molar refractivity (Wildman–Crippen MR) is 130 cm³/mol. The van der Waals surface area contributed by atoms with Gasteiger partial charge in [-0.1, -0.05) is 26.0 Å². The number of carbonyl (C=O) groups excluding carboxylic acids is 1. The van der Waals surface area contributed by atoms with Crippen LogP contribution < -0.4 is 14.4 Å². The number of rotatable bonds is 2. The Morgan fingerprint density at radius 2 is 1.76 bits per heavy atom. The van der Waals surface area contributed by atoms with Crippen molar-refractivity contribution in [3.8, 4) is 11.5 Å². The molecular weight excluding hydrogens is 412 g/mol. The summed E-state index contributed by atoms with van der Waals surface area (Å²) in [6.45, 7) is 5.58. The second-order valence-electron chi connectivity index (χ2n) is 10.6. The highest BCUT2D eigenvalue weighted by atomic mass is 16.7. The van der Waals surface area contributed by atoms with Gasteiger partial charge in [0, 0.05) is 61.2 Å². The van der Waals surface area contributed by atoms with Crippen molar-refractivity contribution < 1.29 is 14.3 Å². The highest BCUT2D eigenvalue weighted by molar-refractivity contribution is 6.01. The van der Waals surface area contributed by atoms with Gasteiger partial charge in [0.15, 0.2) is 17.3 Å². The summed E-state index contributed by atoms with van der Waals surface area (Å²) in [7, 11) is 4.10. The molecule has 0 fully saturated rings. The maximum absolute atomic E-state index is 13.5. The zero-order valence-electron chi connectivity index (χ0n) is 19.8. The summed E-state index contributed by atoms with van der Waals surface area (Å²) in [5.74, 6) is 1.89. The van der Waals surface area contributed by atoms with Crippen molar-refractivity contribution in [1.29, 1.82) is 0 Å². The van der Waals surface area contributed by atoms with Gasteiger partial charge in [-0.3, -0.25) is 4.79 Å². The molecule has 3 heterocycles. The van der Waals surface area contributed by atoms with Crippen molar-refractivity contribution in [2.24, 2.45) is 5.41 Å². The molecule has 2 aromatic carbocycles. The third-order valence-electron chi connectivity index (χ3n) is 7.40. The van der Waals surface area contributed by atoms with E-state index in [0.29, 0.717) is 6.42 Å². The Morgan fingerprint density at radius 1 is 1.03 bits per heavy atom. The number of Topliss-reactive ketones (excluding diaryl/α,β-unsaturated/α-hetero) is 1. The molecule has 0 N–H and O–H groups in total. The van der Waals surface area contributed by atoms with Gasteiger partial charge < -0.3 is 19.3 Å². The first-order chi connectivity index (χ1) is 15.8. The highest BCUT2D eigenvalue weighted by Crippen LogP contribution is 2.51. The molecule has 0 bridgehead atoms. The van der Waals surface area contributed by atoms with Crippen molar-refractivity contribution in [2.75, 3.05) is 32.3 Å². The minimum Gasteiger partial charge on any atom is -0.454 e. The van der Waals surface area contributed by atoms with Crippen molar-refractivity contribution in [3.63, 3.8) is 0 Å². The molecule has 33 heavy (non-hydrogen) atoms. The summed E-state index contributed by atoms with van der Waals surface area (Å²) < 4.78 is 11.3. The van der Waals surface area contributed by atoms with Gasteiger partial charge in [0.1, 0.15) is 0 Å². The Labute approximate surface area is 195 Å². The number of fused-ring (bicyclic) bond motifs is 5. The molecule has 6 rings (SSSR count). The number of ether oxygens (including phenoxy) is 2. The standard InChI is InChI=1S/C28H30N2O3/c1-28(2)14-23-27(24(31)15-28)21(17-5-7-19(8-6-17)29(3)4)12-22-20-13-26-25(32-16-33-26)11-18(20)9-10-30(22)23/h5-8,11-13,21H,9-10,14-16H2,1-4H3/t21-/m0/s1. The minimum absolute atomic E-state index is 0.0349. The van der Waals surface area contributed by atoms with Gasteiger partial charge in [-0.15, -0.1) is 0 Å². The van der Waals surface area contributed by atoms with Gasteiger partial charge in [0.2, 0.25) is 6.79 Å². The lowest BCUT2D eigenvalue weighted by molar-refractivity contribution is -0.118. The lowest BCUT2D eigenvalue weighted by atomic mass is 9.69. The van der Waals surface area contributed by atoms with Crippen molar-refractivity contribution in [2.45, 2.75) is 39.0 Å². The van der Waals surface area contributed by atoms with Crippen LogP contribution in [0.3, 0.4) is 0 Å². The monoisotopic (exact) mass is 442 g/mol. The second-order valence-corrected chi connectivity index (χ2v) is 10.6. The van der Waals surface area contributed by atoms with E-state index in [1.54, 1.807) is 0 Å². The van der Waals surface area contributed by atoms with Crippen LogP contribution in [0, 0.1) is 5.41 Å². The van der Waals surface area contributed by atoms with E-state index in [2.05, 4.69) is 66.1 Å². The SMILES string of the molecule is CN(C)c1ccc([C@@H]2C=C3c4cc5c(cc4CCN3C3=C2C(=O)CC(C)(C)C3)OCO5)cc1. The number of benzene rings is 2. The number of ketones is 1. The number of nitrogens with zero attached hydrogens (tertiary/aromatic N) is 2. The molecule has 0 amide bonds. The first kappa shape index (κ1) is 20.4. The molecule has 5 heteroatoms. The quantitative estimate of drug-likeness (QED) is 0.646. The number of carbonyl (C=O) groups is 1. The average molecular weight is 443 g/mol. The number of hydrogen-bond acceptors (Lipinski definition) is 5. The van der Waals surface area contributed by atoms with E-state index in [0.717, 1.165) is 42.1 Å². The number of anilines is 1. The molecule has 1 atom stereocenters. The molecule has 4 aliphatic rings. The fourth-order valence-corrected chi connectivity index (χ4v) is 5.77. The molecule has 0 unspecified atom stereocenters. The fraction of sp³-hybridized carbons (Fsp3) is 0.393. The molecular formula is C28H30N2O3. The van der Waals surface area contributed by atoms with Crippen LogP contribution in [0.25, 0.3) is 5.70 Å². The topological polar surface area (TPSA) is 42.0 Å². The molecule has 2 aromatic rings. The van der Waals surface area contributed by atoms with Gasteiger partial charge >= 0.3 is 0 Å². The van der Waals surface area contributed by atoms with Crippen LogP contribution in [-0.4, -0.2) is 38.1 Å². The van der Waals surface area contributed by atoms with E-state index in [4.69, 9.17) is 9.47 Å². The molecule has 3 aliphatic heterocycles. The Kier molecular flexibility index (Phi) is 4.42. The van der Waals surface area contributed by atoms with Crippen LogP contribution in [0.4, 0.5) is 5.69 Å². The number of allylic oxidation sites excluding steroid dienone is 3. The van der Waals surface area contributed by atoms with E-state index >= 15 is 0 Å². The second kappa shape index (κ2) is 7.14. The molecule has 5 nitrogen and oxygen atoms in total. The third kappa shape index (κ3) is 3.25. The Balaban J connectivity index is 1.52. The van der Waals surface area contributed by atoms with E-state index in [-0.39, 0.29) is 23.9 Å². The van der Waals surface area contributed by atoms with Crippen LogP contribution in [0.15, 0.2) is 53.7 Å². The van der Waals surface area contributed by atoms with Crippen molar-refractivity contribution >= 4 is 17.2 Å².